The SMILES string of the molecule is Cn1c(COc2ccccc2)nnc1SCC(=O)N(C1CCCCC1)C1CCCCC1. The highest BCUT2D eigenvalue weighted by atomic mass is 32.2. The molecule has 0 bridgehead atoms. The number of thioether (sulfide) groups is 1. The zero-order valence-corrected chi connectivity index (χ0v) is 19.4. The number of para-hydroxylation sites is 1. The Balaban J connectivity index is 1.36. The van der Waals surface area contributed by atoms with Crippen molar-refractivity contribution in [1.82, 2.24) is 19.7 Å². The highest BCUT2D eigenvalue weighted by molar-refractivity contribution is 7.99. The summed E-state index contributed by atoms with van der Waals surface area (Å²) in [7, 11) is 1.94. The van der Waals surface area contributed by atoms with Crippen molar-refractivity contribution in [1.29, 1.82) is 0 Å². The molecule has 31 heavy (non-hydrogen) atoms. The molecule has 0 unspecified atom stereocenters. The fourth-order valence-corrected chi connectivity index (χ4v) is 5.68. The van der Waals surface area contributed by atoms with Crippen molar-refractivity contribution in [2.24, 2.45) is 7.05 Å². The minimum Gasteiger partial charge on any atom is -0.486 e. The maximum atomic E-state index is 13.4. The van der Waals surface area contributed by atoms with Crippen molar-refractivity contribution in [3.63, 3.8) is 0 Å². The topological polar surface area (TPSA) is 60.2 Å². The van der Waals surface area contributed by atoms with E-state index in [2.05, 4.69) is 15.1 Å². The summed E-state index contributed by atoms with van der Waals surface area (Å²) in [6.45, 7) is 0.359. The molecule has 0 aliphatic heterocycles. The number of amides is 1. The van der Waals surface area contributed by atoms with Crippen LogP contribution in [0.3, 0.4) is 0 Å². The first-order chi connectivity index (χ1) is 15.2. The highest BCUT2D eigenvalue weighted by Gasteiger charge is 2.32. The number of aromatic nitrogens is 3. The average molecular weight is 443 g/mol. The minimum absolute atomic E-state index is 0.272. The van der Waals surface area contributed by atoms with Crippen LogP contribution in [0.4, 0.5) is 0 Å². The second kappa shape index (κ2) is 11.0. The number of carbonyl (C=O) groups is 1. The number of ether oxygens (including phenoxy) is 1. The summed E-state index contributed by atoms with van der Waals surface area (Å²) in [6.07, 6.45) is 12.3. The summed E-state index contributed by atoms with van der Waals surface area (Å²) in [5.41, 5.74) is 0. The lowest BCUT2D eigenvalue weighted by molar-refractivity contribution is -0.135. The predicted molar refractivity (Wildman–Crippen MR) is 123 cm³/mol. The molecule has 0 radical (unpaired) electrons. The van der Waals surface area contributed by atoms with Gasteiger partial charge in [-0.25, -0.2) is 0 Å². The van der Waals surface area contributed by atoms with E-state index in [1.54, 1.807) is 0 Å². The van der Waals surface area contributed by atoms with Gasteiger partial charge in [-0.2, -0.15) is 0 Å². The van der Waals surface area contributed by atoms with Gasteiger partial charge < -0.3 is 14.2 Å². The molecular weight excluding hydrogens is 408 g/mol. The Bertz CT molecular complexity index is 811. The van der Waals surface area contributed by atoms with Gasteiger partial charge in [-0.05, 0) is 37.8 Å². The van der Waals surface area contributed by atoms with Crippen LogP contribution in [0, 0.1) is 0 Å². The smallest absolute Gasteiger partial charge is 0.233 e. The molecule has 2 aromatic rings. The Morgan fingerprint density at radius 1 is 1.00 bits per heavy atom. The van der Waals surface area contributed by atoms with Crippen molar-refractivity contribution >= 4 is 17.7 Å². The van der Waals surface area contributed by atoms with Gasteiger partial charge in [0.1, 0.15) is 12.4 Å². The maximum absolute atomic E-state index is 13.4. The van der Waals surface area contributed by atoms with Gasteiger partial charge >= 0.3 is 0 Å². The third kappa shape index (κ3) is 5.82. The standard InChI is InChI=1S/C24H34N4O2S/c1-27-22(17-30-21-15-9-4-10-16-21)25-26-24(27)31-18-23(29)28(19-11-5-2-6-12-19)20-13-7-3-8-14-20/h4,9-10,15-16,19-20H,2-3,5-8,11-14,17-18H2,1H3. The Morgan fingerprint density at radius 2 is 1.61 bits per heavy atom. The molecule has 1 aromatic heterocycles. The first kappa shape index (κ1) is 22.2. The lowest BCUT2D eigenvalue weighted by Crippen LogP contribution is -2.49. The molecule has 2 aliphatic carbocycles. The molecular formula is C24H34N4O2S. The van der Waals surface area contributed by atoms with Crippen molar-refractivity contribution in [2.75, 3.05) is 5.75 Å². The first-order valence-corrected chi connectivity index (χ1v) is 12.7. The molecule has 0 spiro atoms. The lowest BCUT2D eigenvalue weighted by Gasteiger charge is -2.41. The number of rotatable bonds is 8. The van der Waals surface area contributed by atoms with E-state index >= 15 is 0 Å². The van der Waals surface area contributed by atoms with Gasteiger partial charge in [0.2, 0.25) is 5.91 Å². The summed E-state index contributed by atoms with van der Waals surface area (Å²) in [5, 5.41) is 9.36. The summed E-state index contributed by atoms with van der Waals surface area (Å²) >= 11 is 1.50. The van der Waals surface area contributed by atoms with Gasteiger partial charge in [-0.1, -0.05) is 68.5 Å². The molecule has 1 heterocycles. The van der Waals surface area contributed by atoms with Crippen LogP contribution in [0.2, 0.25) is 0 Å². The summed E-state index contributed by atoms with van der Waals surface area (Å²) in [4.78, 5) is 15.6. The van der Waals surface area contributed by atoms with E-state index in [9.17, 15) is 4.79 Å². The van der Waals surface area contributed by atoms with E-state index in [0.29, 0.717) is 24.4 Å². The van der Waals surface area contributed by atoms with Crippen molar-refractivity contribution in [2.45, 2.75) is 88.1 Å². The second-order valence-electron chi connectivity index (χ2n) is 8.73. The highest BCUT2D eigenvalue weighted by Crippen LogP contribution is 2.31. The Morgan fingerprint density at radius 3 is 2.23 bits per heavy atom. The summed E-state index contributed by atoms with van der Waals surface area (Å²) in [6, 6.07) is 10.6. The maximum Gasteiger partial charge on any atom is 0.233 e. The molecule has 7 heteroatoms. The van der Waals surface area contributed by atoms with Gasteiger partial charge in [0.05, 0.1) is 5.75 Å². The quantitative estimate of drug-likeness (QED) is 0.540. The molecule has 1 amide bonds. The number of carbonyl (C=O) groups excluding carboxylic acids is 1. The number of hydrogen-bond acceptors (Lipinski definition) is 5. The van der Waals surface area contributed by atoms with E-state index in [1.807, 2.05) is 41.9 Å². The molecule has 2 saturated carbocycles. The van der Waals surface area contributed by atoms with Crippen LogP contribution in [-0.4, -0.2) is 43.4 Å². The monoisotopic (exact) mass is 442 g/mol. The molecule has 2 aliphatic rings. The molecule has 4 rings (SSSR count). The fourth-order valence-electron chi connectivity index (χ4n) is 4.89. The van der Waals surface area contributed by atoms with E-state index < -0.39 is 0 Å². The van der Waals surface area contributed by atoms with Gasteiger partial charge in [0, 0.05) is 19.1 Å². The van der Waals surface area contributed by atoms with Crippen molar-refractivity contribution in [3.8, 4) is 5.75 Å². The summed E-state index contributed by atoms with van der Waals surface area (Å²) < 4.78 is 7.74. The Labute approximate surface area is 189 Å². The number of nitrogens with zero attached hydrogens (tertiary/aromatic N) is 4. The molecule has 0 saturated heterocycles. The van der Waals surface area contributed by atoms with Crippen molar-refractivity contribution < 1.29 is 9.53 Å². The number of benzene rings is 1. The van der Waals surface area contributed by atoms with Gasteiger partial charge in [0.15, 0.2) is 11.0 Å². The molecule has 2 fully saturated rings. The van der Waals surface area contributed by atoms with Gasteiger partial charge in [-0.3, -0.25) is 4.79 Å². The molecule has 0 atom stereocenters. The van der Waals surface area contributed by atoms with Crippen LogP contribution in [0.5, 0.6) is 5.75 Å². The Hall–Kier alpha value is -2.02. The third-order valence-electron chi connectivity index (χ3n) is 6.59. The van der Waals surface area contributed by atoms with Crippen LogP contribution >= 0.6 is 11.8 Å². The van der Waals surface area contributed by atoms with Crippen molar-refractivity contribution in [3.05, 3.63) is 36.2 Å². The van der Waals surface area contributed by atoms with Gasteiger partial charge in [0.25, 0.3) is 0 Å². The van der Waals surface area contributed by atoms with Crippen LogP contribution in [0.15, 0.2) is 35.5 Å². The minimum atomic E-state index is 0.272. The predicted octanol–water partition coefficient (Wildman–Crippen LogP) is 4.98. The lowest BCUT2D eigenvalue weighted by atomic mass is 9.88. The molecule has 1 aromatic carbocycles. The van der Waals surface area contributed by atoms with E-state index in [1.165, 1.54) is 50.3 Å². The van der Waals surface area contributed by atoms with Crippen LogP contribution in [0.25, 0.3) is 0 Å². The van der Waals surface area contributed by atoms with E-state index in [4.69, 9.17) is 4.74 Å². The fraction of sp³-hybridized carbons (Fsp3) is 0.625. The van der Waals surface area contributed by atoms with E-state index in [-0.39, 0.29) is 5.91 Å². The van der Waals surface area contributed by atoms with Crippen LogP contribution < -0.4 is 4.74 Å². The molecule has 6 nitrogen and oxygen atoms in total. The molecule has 0 N–H and O–H groups in total. The van der Waals surface area contributed by atoms with Crippen LogP contribution in [0.1, 0.15) is 70.0 Å². The zero-order chi connectivity index (χ0) is 21.5. The normalized spacial score (nSPS) is 18.1. The molecule has 168 valence electrons. The first-order valence-electron chi connectivity index (χ1n) is 11.7. The second-order valence-corrected chi connectivity index (χ2v) is 9.68. The Kier molecular flexibility index (Phi) is 7.89. The summed E-state index contributed by atoms with van der Waals surface area (Å²) in [5.74, 6) is 2.27. The number of hydrogen-bond donors (Lipinski definition) is 0. The van der Waals surface area contributed by atoms with Crippen LogP contribution in [-0.2, 0) is 18.4 Å². The average Bonchev–Trinajstić information content (AvgIpc) is 3.18. The third-order valence-corrected chi connectivity index (χ3v) is 7.59. The van der Waals surface area contributed by atoms with E-state index in [0.717, 1.165) is 42.4 Å². The van der Waals surface area contributed by atoms with Gasteiger partial charge in [-0.15, -0.1) is 10.2 Å². The largest absolute Gasteiger partial charge is 0.486 e. The zero-order valence-electron chi connectivity index (χ0n) is 18.5.